The van der Waals surface area contributed by atoms with Gasteiger partial charge in [-0.15, -0.1) is 23.4 Å². The molecule has 0 radical (unpaired) electrons. The molecule has 1 saturated heterocycles. The number of amidine groups is 1. The van der Waals surface area contributed by atoms with Gasteiger partial charge < -0.3 is 4.74 Å². The number of thioether (sulfide) groups is 1. The number of aromatic nitrogens is 3. The minimum Gasteiger partial charge on any atom is -0.406 e. The Morgan fingerprint density at radius 2 is 1.73 bits per heavy atom. The Bertz CT molecular complexity index is 1600. The van der Waals surface area contributed by atoms with Gasteiger partial charge in [0.05, 0.1) is 23.3 Å². The highest BCUT2D eigenvalue weighted by atomic mass is 35.5. The summed E-state index contributed by atoms with van der Waals surface area (Å²) < 4.78 is 42.5. The van der Waals surface area contributed by atoms with Crippen molar-refractivity contribution in [2.24, 2.45) is 10.2 Å². The molecule has 0 spiro atoms. The number of aryl methyl sites for hydroxylation is 2. The fraction of sp³-hybridized carbons (Fsp3) is 0.148. The van der Waals surface area contributed by atoms with Gasteiger partial charge in [-0.25, -0.2) is 9.67 Å². The van der Waals surface area contributed by atoms with Crippen LogP contribution in [0.25, 0.3) is 17.1 Å². The molecular weight excluding hydrogens is 565 g/mol. The van der Waals surface area contributed by atoms with Crippen LogP contribution in [-0.4, -0.2) is 44.2 Å². The van der Waals surface area contributed by atoms with E-state index >= 15 is 0 Å². The zero-order valence-electron chi connectivity index (χ0n) is 21.1. The van der Waals surface area contributed by atoms with E-state index in [0.29, 0.717) is 21.7 Å². The molecule has 13 heteroatoms. The molecule has 0 N–H and O–H groups in total. The van der Waals surface area contributed by atoms with Crippen molar-refractivity contribution in [3.05, 3.63) is 88.7 Å². The third-order valence-corrected chi connectivity index (χ3v) is 6.92. The average molecular weight is 585 g/mol. The van der Waals surface area contributed by atoms with Crippen molar-refractivity contribution < 1.29 is 22.7 Å². The maximum Gasteiger partial charge on any atom is 0.573 e. The van der Waals surface area contributed by atoms with Crippen LogP contribution in [0.4, 0.5) is 18.9 Å². The lowest BCUT2D eigenvalue weighted by Gasteiger charge is -2.20. The van der Waals surface area contributed by atoms with Crippen LogP contribution >= 0.6 is 23.4 Å². The molecule has 3 aromatic carbocycles. The minimum atomic E-state index is -4.75. The van der Waals surface area contributed by atoms with Crippen LogP contribution in [0.2, 0.25) is 5.02 Å². The van der Waals surface area contributed by atoms with E-state index in [0.717, 1.165) is 27.9 Å². The van der Waals surface area contributed by atoms with Crippen molar-refractivity contribution in [1.82, 2.24) is 14.8 Å². The van der Waals surface area contributed by atoms with Gasteiger partial charge in [0.15, 0.2) is 11.0 Å². The summed E-state index contributed by atoms with van der Waals surface area (Å²) in [6.45, 7) is 3.79. The molecule has 1 aromatic heterocycles. The predicted molar refractivity (Wildman–Crippen MR) is 149 cm³/mol. The first-order valence-electron chi connectivity index (χ1n) is 11.8. The second kappa shape index (κ2) is 11.1. The SMILES string of the molecule is Cc1cc(Cl)cc(C)c1N1C(=O)CSC1=NN=Cc1ccc(-c2ncn(-c3ccc(OC(F)(F)F)cc3)n2)cc1. The van der Waals surface area contributed by atoms with E-state index in [9.17, 15) is 18.0 Å². The Kier molecular flexibility index (Phi) is 7.63. The normalized spacial score (nSPS) is 15.0. The molecule has 0 bridgehead atoms. The Morgan fingerprint density at radius 1 is 1.05 bits per heavy atom. The van der Waals surface area contributed by atoms with E-state index in [2.05, 4.69) is 25.0 Å². The zero-order valence-corrected chi connectivity index (χ0v) is 22.6. The van der Waals surface area contributed by atoms with Crippen LogP contribution in [-0.2, 0) is 4.79 Å². The molecule has 8 nitrogen and oxygen atoms in total. The number of nitrogens with zero attached hydrogens (tertiary/aromatic N) is 6. The van der Waals surface area contributed by atoms with Crippen LogP contribution in [0.1, 0.15) is 16.7 Å². The van der Waals surface area contributed by atoms with Crippen molar-refractivity contribution in [1.29, 1.82) is 0 Å². The summed E-state index contributed by atoms with van der Waals surface area (Å²) in [4.78, 5) is 18.5. The first-order chi connectivity index (χ1) is 19.1. The third-order valence-electron chi connectivity index (χ3n) is 5.79. The number of rotatable bonds is 6. The van der Waals surface area contributed by atoms with E-state index in [4.69, 9.17) is 11.6 Å². The second-order valence-electron chi connectivity index (χ2n) is 8.71. The van der Waals surface area contributed by atoms with Gasteiger partial charge in [-0.05, 0) is 66.9 Å². The molecule has 1 aliphatic rings. The number of halogens is 4. The van der Waals surface area contributed by atoms with Gasteiger partial charge in [-0.2, -0.15) is 5.10 Å². The van der Waals surface area contributed by atoms with Crippen LogP contribution in [0.15, 0.2) is 77.2 Å². The monoisotopic (exact) mass is 584 g/mol. The number of carbonyl (C=O) groups is 1. The molecule has 0 saturated carbocycles. The minimum absolute atomic E-state index is 0.0747. The van der Waals surface area contributed by atoms with Crippen molar-refractivity contribution >= 4 is 46.3 Å². The van der Waals surface area contributed by atoms with Crippen molar-refractivity contribution in [3.63, 3.8) is 0 Å². The Labute approximate surface area is 236 Å². The van der Waals surface area contributed by atoms with E-state index in [-0.39, 0.29) is 17.4 Å². The number of alkyl halides is 3. The average Bonchev–Trinajstić information content (AvgIpc) is 3.52. The Morgan fingerprint density at radius 3 is 2.38 bits per heavy atom. The number of hydrogen-bond donors (Lipinski definition) is 0. The molecule has 0 aliphatic carbocycles. The number of hydrogen-bond acceptors (Lipinski definition) is 7. The Hall–Kier alpha value is -4.16. The second-order valence-corrected chi connectivity index (χ2v) is 10.1. The van der Waals surface area contributed by atoms with E-state index < -0.39 is 6.36 Å². The summed E-state index contributed by atoms with van der Waals surface area (Å²) in [5.74, 6) is 0.314. The fourth-order valence-electron chi connectivity index (χ4n) is 4.10. The summed E-state index contributed by atoms with van der Waals surface area (Å²) in [5, 5.41) is 14.0. The topological polar surface area (TPSA) is 85.0 Å². The molecule has 204 valence electrons. The lowest BCUT2D eigenvalue weighted by Crippen LogP contribution is -2.30. The lowest BCUT2D eigenvalue weighted by molar-refractivity contribution is -0.274. The molecule has 2 heterocycles. The van der Waals surface area contributed by atoms with Gasteiger partial charge >= 0.3 is 6.36 Å². The van der Waals surface area contributed by atoms with Gasteiger partial charge in [0, 0.05) is 10.6 Å². The standard InChI is InChI=1S/C27H20ClF3N6O2S/c1-16-11-20(28)12-17(2)24(16)37-23(38)14-40-26(37)34-33-13-18-3-5-19(6-4-18)25-32-15-36(35-25)21-7-9-22(10-8-21)39-27(29,30)31/h3-13,15H,14H2,1-2H3. The number of amides is 1. The lowest BCUT2D eigenvalue weighted by atomic mass is 10.1. The summed E-state index contributed by atoms with van der Waals surface area (Å²) in [6.07, 6.45) is -1.70. The maximum absolute atomic E-state index is 12.6. The maximum atomic E-state index is 12.6. The highest BCUT2D eigenvalue weighted by Gasteiger charge is 2.32. The van der Waals surface area contributed by atoms with Gasteiger partial charge in [-0.3, -0.25) is 9.69 Å². The molecule has 1 fully saturated rings. The highest BCUT2D eigenvalue weighted by molar-refractivity contribution is 8.15. The van der Waals surface area contributed by atoms with E-state index in [1.54, 1.807) is 11.1 Å². The van der Waals surface area contributed by atoms with Crippen LogP contribution in [0.3, 0.4) is 0 Å². The number of ether oxygens (including phenoxy) is 1. The highest BCUT2D eigenvalue weighted by Crippen LogP contribution is 2.34. The van der Waals surface area contributed by atoms with Crippen molar-refractivity contribution in [2.75, 3.05) is 10.7 Å². The van der Waals surface area contributed by atoms with Gasteiger partial charge in [0.25, 0.3) is 0 Å². The number of benzene rings is 3. The van der Waals surface area contributed by atoms with E-state index in [1.807, 2.05) is 50.2 Å². The van der Waals surface area contributed by atoms with Gasteiger partial charge in [-0.1, -0.05) is 47.6 Å². The summed E-state index contributed by atoms with van der Waals surface area (Å²) in [5.41, 5.74) is 4.53. The van der Waals surface area contributed by atoms with Crippen LogP contribution in [0.5, 0.6) is 5.75 Å². The first kappa shape index (κ1) is 27.4. The molecular formula is C27H20ClF3N6O2S. The predicted octanol–water partition coefficient (Wildman–Crippen LogP) is 6.57. The first-order valence-corrected chi connectivity index (χ1v) is 13.2. The van der Waals surface area contributed by atoms with Crippen LogP contribution in [0, 0.1) is 13.8 Å². The summed E-state index contributed by atoms with van der Waals surface area (Å²) >= 11 is 7.47. The quantitative estimate of drug-likeness (QED) is 0.189. The number of carbonyl (C=O) groups excluding carboxylic acids is 1. The molecule has 40 heavy (non-hydrogen) atoms. The van der Waals surface area contributed by atoms with Crippen LogP contribution < -0.4 is 9.64 Å². The van der Waals surface area contributed by atoms with Crippen molar-refractivity contribution in [3.8, 4) is 22.8 Å². The van der Waals surface area contributed by atoms with Gasteiger partial charge in [0.2, 0.25) is 5.91 Å². The van der Waals surface area contributed by atoms with Crippen molar-refractivity contribution in [2.45, 2.75) is 20.2 Å². The molecule has 0 atom stereocenters. The molecule has 0 unspecified atom stereocenters. The molecule has 5 rings (SSSR count). The van der Waals surface area contributed by atoms with E-state index in [1.165, 1.54) is 47.0 Å². The largest absolute Gasteiger partial charge is 0.573 e. The summed E-state index contributed by atoms with van der Waals surface area (Å²) in [6, 6.07) is 16.2. The Balaban J connectivity index is 1.28. The van der Waals surface area contributed by atoms with Gasteiger partial charge in [0.1, 0.15) is 12.1 Å². The molecule has 1 amide bonds. The third kappa shape index (κ3) is 6.18. The fourth-order valence-corrected chi connectivity index (χ4v) is 5.23. The zero-order chi connectivity index (χ0) is 28.4. The molecule has 1 aliphatic heterocycles. The summed E-state index contributed by atoms with van der Waals surface area (Å²) in [7, 11) is 0. The number of anilines is 1. The molecule has 4 aromatic rings. The smallest absolute Gasteiger partial charge is 0.406 e.